The Morgan fingerprint density at radius 1 is 0.635 bits per heavy atom. The molecule has 0 N–H and O–H groups in total. The monoisotopic (exact) mass is 929 g/mol. The van der Waals surface area contributed by atoms with E-state index in [1.807, 2.05) is 0 Å². The van der Waals surface area contributed by atoms with E-state index < -0.39 is 0 Å². The molecule has 0 bridgehead atoms. The first-order chi connectivity index (χ1) is 23.1. The zero-order valence-corrected chi connectivity index (χ0v) is 38.5. The molecule has 6 aliphatic rings. The largest absolute Gasteiger partial charge is 3.00 e. The third-order valence-electron chi connectivity index (χ3n) is 15.7. The van der Waals surface area contributed by atoms with E-state index in [2.05, 4.69) is 215 Å². The van der Waals surface area contributed by atoms with Gasteiger partial charge in [0.25, 0.3) is 0 Å². The molecule has 0 aliphatic heterocycles. The van der Waals surface area contributed by atoms with Gasteiger partial charge >= 0.3 is 26.2 Å². The molecule has 0 heterocycles. The van der Waals surface area contributed by atoms with Crippen LogP contribution < -0.4 is 24.8 Å². The van der Waals surface area contributed by atoms with Crippen molar-refractivity contribution >= 4 is 37.4 Å². The summed E-state index contributed by atoms with van der Waals surface area (Å²) < 4.78 is 2.18. The van der Waals surface area contributed by atoms with Gasteiger partial charge in [-0.05, 0) is 81.7 Å². The normalized spacial score (nSPS) is 37.3. The number of hydrogen-bond acceptors (Lipinski definition) is 0. The number of rotatable bonds is 3. The Morgan fingerprint density at radius 3 is 1.58 bits per heavy atom. The summed E-state index contributed by atoms with van der Waals surface area (Å²) in [6.45, 7) is 20.6. The average Bonchev–Trinajstić information content (AvgIpc) is 3.67. The van der Waals surface area contributed by atoms with Crippen LogP contribution >= 0.6 is 31.9 Å². The third kappa shape index (κ3) is 4.74. The molecular formula is C47H47Br2Cl2Zr. The van der Waals surface area contributed by atoms with Gasteiger partial charge in [0.05, 0.1) is 0 Å². The quantitative estimate of drug-likeness (QED) is 0.278. The minimum atomic E-state index is -0.237. The van der Waals surface area contributed by atoms with Gasteiger partial charge in [0.15, 0.2) is 0 Å². The molecular weight excluding hydrogens is 886 g/mol. The van der Waals surface area contributed by atoms with Gasteiger partial charge in [0.2, 0.25) is 0 Å². The summed E-state index contributed by atoms with van der Waals surface area (Å²) in [6, 6.07) is 17.8. The standard InChI is InChI=1S/C47H47Br2.2ClH.Zr/c1-31-39(32-15-9-10-16-32)38(40(33-17-21-36(48)22-18-33)34-19-23-37(49)24-20-34)29-35-30-45(6)43(4)27-12-11-25-41(43,2)42(3)26-13-14-28-44(42,5)47(45,8)46(31,35)7;;;/h9-15,17-30H,16H2,1-8H3;2*1H;/q-1;;;+3/p-2. The van der Waals surface area contributed by atoms with Gasteiger partial charge in [-0.2, -0.15) is 6.08 Å². The number of allylic oxidation sites excluding steroid dienone is 17. The average molecular weight is 934 g/mol. The van der Waals surface area contributed by atoms with Crippen molar-refractivity contribution in [1.29, 1.82) is 0 Å². The van der Waals surface area contributed by atoms with Crippen LogP contribution in [0.25, 0.3) is 5.57 Å². The van der Waals surface area contributed by atoms with Crippen molar-refractivity contribution in [3.63, 3.8) is 0 Å². The molecule has 0 saturated heterocycles. The second-order valence-electron chi connectivity index (χ2n) is 16.6. The van der Waals surface area contributed by atoms with Gasteiger partial charge in [-0.15, -0.1) is 0 Å². The molecule has 8 rings (SSSR count). The van der Waals surface area contributed by atoms with Gasteiger partial charge < -0.3 is 24.8 Å². The van der Waals surface area contributed by atoms with Crippen molar-refractivity contribution in [1.82, 2.24) is 0 Å². The first-order valence-corrected chi connectivity index (χ1v) is 19.4. The molecule has 0 amide bonds. The van der Waals surface area contributed by atoms with E-state index >= 15 is 0 Å². The molecule has 2 fully saturated rings. The molecule has 5 heteroatoms. The molecule has 267 valence electrons. The first-order valence-electron chi connectivity index (χ1n) is 17.8. The maximum absolute atomic E-state index is 3.71. The minimum Gasteiger partial charge on any atom is -1.00 e. The fourth-order valence-electron chi connectivity index (χ4n) is 12.1. The molecule has 1 radical (unpaired) electrons. The van der Waals surface area contributed by atoms with E-state index in [-0.39, 0.29) is 88.9 Å². The van der Waals surface area contributed by atoms with E-state index in [0.29, 0.717) is 0 Å². The Kier molecular flexibility index (Phi) is 10.8. The summed E-state index contributed by atoms with van der Waals surface area (Å²) in [4.78, 5) is 0. The zero-order valence-electron chi connectivity index (χ0n) is 31.3. The van der Waals surface area contributed by atoms with Gasteiger partial charge in [-0.25, -0.2) is 12.0 Å². The van der Waals surface area contributed by atoms with E-state index in [9.17, 15) is 0 Å². The topological polar surface area (TPSA) is 0 Å². The van der Waals surface area contributed by atoms with Gasteiger partial charge in [-0.3, -0.25) is 0 Å². The number of halogens is 4. The summed E-state index contributed by atoms with van der Waals surface area (Å²) in [5, 5.41) is 0. The van der Waals surface area contributed by atoms with Crippen molar-refractivity contribution < 1.29 is 51.0 Å². The molecule has 0 aromatic heterocycles. The van der Waals surface area contributed by atoms with E-state index in [4.69, 9.17) is 0 Å². The van der Waals surface area contributed by atoms with Crippen molar-refractivity contribution in [3.05, 3.63) is 176 Å². The molecule has 52 heavy (non-hydrogen) atoms. The Hall–Kier alpha value is -1.61. The maximum Gasteiger partial charge on any atom is 3.00 e. The predicted octanol–water partition coefficient (Wildman–Crippen LogP) is 7.69. The molecule has 0 spiro atoms. The Bertz CT molecular complexity index is 2050. The van der Waals surface area contributed by atoms with Crippen LogP contribution in [0.3, 0.4) is 0 Å². The smallest absolute Gasteiger partial charge is 1.00 e. The number of benzene rings is 2. The van der Waals surface area contributed by atoms with E-state index in [1.54, 1.807) is 0 Å². The van der Waals surface area contributed by atoms with Crippen LogP contribution in [0.1, 0.15) is 72.9 Å². The van der Waals surface area contributed by atoms with Gasteiger partial charge in [0.1, 0.15) is 0 Å². The van der Waals surface area contributed by atoms with Crippen LogP contribution in [-0.4, -0.2) is 0 Å². The van der Waals surface area contributed by atoms with Crippen LogP contribution in [0.4, 0.5) is 0 Å². The SMILES string of the molecule is CC1=C(C2=CC=CC2)C(=C(c2ccc(Br)cc2)c2ccc(Br)cc2)C=C2[CH-]C3(C)C4(C)C=CC=CC4(C)C4(C)C=CC=CC4(C)C3(C)C21C.[Cl-].[Cl-].[Zr+3]. The number of fused-ring (bicyclic) bond motifs is 8. The van der Waals surface area contributed by atoms with Crippen LogP contribution in [0.2, 0.25) is 0 Å². The predicted molar refractivity (Wildman–Crippen MR) is 215 cm³/mol. The molecule has 2 aromatic carbocycles. The molecule has 7 unspecified atom stereocenters. The molecule has 2 saturated carbocycles. The summed E-state index contributed by atoms with van der Waals surface area (Å²) in [5.41, 5.74) is 9.67. The maximum atomic E-state index is 3.71. The fourth-order valence-corrected chi connectivity index (χ4v) is 12.6. The van der Waals surface area contributed by atoms with Crippen LogP contribution in [0.15, 0.2) is 158 Å². The number of hydrogen-bond donors (Lipinski definition) is 0. The summed E-state index contributed by atoms with van der Waals surface area (Å²) in [5.74, 6) is 0. The molecule has 0 nitrogen and oxygen atoms in total. The Morgan fingerprint density at radius 2 is 1.10 bits per heavy atom. The van der Waals surface area contributed by atoms with E-state index in [1.165, 1.54) is 44.6 Å². The molecule has 2 aromatic rings. The van der Waals surface area contributed by atoms with Crippen LogP contribution in [0.5, 0.6) is 0 Å². The van der Waals surface area contributed by atoms with Crippen LogP contribution in [0, 0.1) is 44.3 Å². The molecule has 6 aliphatic carbocycles. The second-order valence-corrected chi connectivity index (χ2v) is 18.4. The summed E-state index contributed by atoms with van der Waals surface area (Å²) >= 11 is 7.42. The zero-order chi connectivity index (χ0) is 34.8. The van der Waals surface area contributed by atoms with E-state index in [0.717, 1.165) is 15.4 Å². The van der Waals surface area contributed by atoms with Gasteiger partial charge in [0, 0.05) is 25.2 Å². The Balaban J connectivity index is 0.00000174. The van der Waals surface area contributed by atoms with Crippen molar-refractivity contribution in [2.24, 2.45) is 37.9 Å². The molecule has 7 atom stereocenters. The second kappa shape index (κ2) is 13.6. The first kappa shape index (κ1) is 41.6. The van der Waals surface area contributed by atoms with Gasteiger partial charge in [-0.1, -0.05) is 188 Å². The minimum absolute atomic E-state index is 0. The van der Waals surface area contributed by atoms with Crippen molar-refractivity contribution in [2.45, 2.75) is 61.8 Å². The summed E-state index contributed by atoms with van der Waals surface area (Å²) in [6.07, 6.45) is 32.8. The van der Waals surface area contributed by atoms with Crippen molar-refractivity contribution in [3.8, 4) is 0 Å². The van der Waals surface area contributed by atoms with Crippen molar-refractivity contribution in [2.75, 3.05) is 0 Å². The summed E-state index contributed by atoms with van der Waals surface area (Å²) in [7, 11) is 0. The van der Waals surface area contributed by atoms with Crippen LogP contribution in [-0.2, 0) is 26.2 Å². The third-order valence-corrected chi connectivity index (χ3v) is 16.7. The Labute approximate surface area is 360 Å². The fraction of sp³-hybridized carbons (Fsp3) is 0.340.